The lowest BCUT2D eigenvalue weighted by atomic mass is 10.1. The molecule has 3 aromatic rings. The molecule has 2 aliphatic heterocycles. The predicted octanol–water partition coefficient (Wildman–Crippen LogP) is 3.26. The van der Waals surface area contributed by atoms with Crippen molar-refractivity contribution < 1.29 is 4.79 Å². The van der Waals surface area contributed by atoms with Crippen LogP contribution >= 0.6 is 24.0 Å². The molecule has 2 aromatic carbocycles. The minimum absolute atomic E-state index is 0.139. The molecule has 1 N–H and O–H groups in total. The second-order valence-corrected chi connectivity index (χ2v) is 9.68. The third-order valence-electron chi connectivity index (χ3n) is 5.70. The number of hydrogen-bond acceptors (Lipinski definition) is 6. The van der Waals surface area contributed by atoms with Crippen LogP contribution in [-0.2, 0) is 11.3 Å². The topological polar surface area (TPSA) is 53.4 Å². The van der Waals surface area contributed by atoms with Gasteiger partial charge in [0.25, 0.3) is 5.91 Å². The van der Waals surface area contributed by atoms with Gasteiger partial charge in [0.2, 0.25) is 0 Å². The number of likely N-dealkylation sites (N-methyl/N-ethyl adjacent to an activating group) is 1. The van der Waals surface area contributed by atoms with E-state index in [1.165, 1.54) is 17.3 Å². The van der Waals surface area contributed by atoms with E-state index >= 15 is 0 Å². The molecule has 0 saturated carbocycles. The average Bonchev–Trinajstić information content (AvgIpc) is 3.32. The molecule has 31 heavy (non-hydrogen) atoms. The Bertz CT molecular complexity index is 1190. The Morgan fingerprint density at radius 2 is 2.00 bits per heavy atom. The number of hydrogen-bond donors (Lipinski definition) is 1. The summed E-state index contributed by atoms with van der Waals surface area (Å²) in [6, 6.07) is 14.7. The van der Waals surface area contributed by atoms with E-state index in [-0.39, 0.29) is 5.91 Å². The minimum Gasteiger partial charge on any atom is -0.307 e. The first kappa shape index (κ1) is 20.4. The van der Waals surface area contributed by atoms with Gasteiger partial charge in [0.1, 0.15) is 10.6 Å². The number of rotatable bonds is 4. The highest BCUT2D eigenvalue weighted by molar-refractivity contribution is 8.26. The van der Waals surface area contributed by atoms with Crippen molar-refractivity contribution in [2.45, 2.75) is 6.54 Å². The van der Waals surface area contributed by atoms with E-state index in [0.717, 1.165) is 55.0 Å². The second kappa shape index (κ2) is 8.55. The van der Waals surface area contributed by atoms with Crippen LogP contribution in [0.2, 0.25) is 0 Å². The lowest BCUT2D eigenvalue weighted by Crippen LogP contribution is -2.43. The quantitative estimate of drug-likeness (QED) is 0.487. The van der Waals surface area contributed by atoms with Crippen LogP contribution < -0.4 is 5.32 Å². The maximum Gasteiger partial charge on any atom is 0.263 e. The Labute approximate surface area is 190 Å². The number of imidazole rings is 1. The number of benzene rings is 2. The van der Waals surface area contributed by atoms with Gasteiger partial charge in [-0.1, -0.05) is 42.2 Å². The normalized spacial score (nSPS) is 19.5. The minimum atomic E-state index is -0.139. The van der Waals surface area contributed by atoms with E-state index in [2.05, 4.69) is 62.0 Å². The number of nitrogens with one attached hydrogen (secondary N) is 1. The monoisotopic (exact) mass is 449 g/mol. The van der Waals surface area contributed by atoms with Crippen LogP contribution in [-0.4, -0.2) is 62.8 Å². The molecule has 0 atom stereocenters. The summed E-state index contributed by atoms with van der Waals surface area (Å²) in [7, 11) is 2.18. The van der Waals surface area contributed by atoms with Crippen molar-refractivity contribution in [1.82, 2.24) is 24.7 Å². The highest BCUT2D eigenvalue weighted by Crippen LogP contribution is 2.27. The lowest BCUT2D eigenvalue weighted by molar-refractivity contribution is -0.115. The Kier molecular flexibility index (Phi) is 5.62. The fourth-order valence-electron chi connectivity index (χ4n) is 3.96. The maximum atomic E-state index is 12.0. The highest BCUT2D eigenvalue weighted by atomic mass is 32.2. The van der Waals surface area contributed by atoms with Gasteiger partial charge in [-0.15, -0.1) is 0 Å². The molecule has 1 aromatic heterocycles. The number of carbonyl (C=O) groups excluding carboxylic acids is 1. The van der Waals surface area contributed by atoms with Gasteiger partial charge >= 0.3 is 0 Å². The van der Waals surface area contributed by atoms with Gasteiger partial charge in [-0.25, -0.2) is 4.98 Å². The number of carbonyl (C=O) groups is 1. The second-order valence-electron chi connectivity index (χ2n) is 7.96. The first-order valence-corrected chi connectivity index (χ1v) is 11.5. The van der Waals surface area contributed by atoms with Gasteiger partial charge in [0.05, 0.1) is 15.9 Å². The van der Waals surface area contributed by atoms with Crippen molar-refractivity contribution in [1.29, 1.82) is 0 Å². The van der Waals surface area contributed by atoms with Crippen LogP contribution in [0.3, 0.4) is 0 Å². The molecule has 2 saturated heterocycles. The predicted molar refractivity (Wildman–Crippen MR) is 130 cm³/mol. The molecule has 1 amide bonds. The first-order chi connectivity index (χ1) is 15.0. The number of aromatic nitrogens is 2. The zero-order chi connectivity index (χ0) is 21.4. The van der Waals surface area contributed by atoms with Crippen molar-refractivity contribution in [2.24, 2.45) is 0 Å². The Morgan fingerprint density at radius 3 is 2.77 bits per heavy atom. The molecule has 2 fully saturated rings. The summed E-state index contributed by atoms with van der Waals surface area (Å²) < 4.78 is 2.61. The van der Waals surface area contributed by atoms with Crippen LogP contribution in [0, 0.1) is 0 Å². The highest BCUT2D eigenvalue weighted by Gasteiger charge is 2.22. The summed E-state index contributed by atoms with van der Waals surface area (Å²) in [5, 5.41) is 2.66. The summed E-state index contributed by atoms with van der Waals surface area (Å²) in [4.78, 5) is 22.1. The van der Waals surface area contributed by atoms with Crippen LogP contribution in [0.5, 0.6) is 0 Å². The molecule has 6 nitrogen and oxygen atoms in total. The summed E-state index contributed by atoms with van der Waals surface area (Å²) in [5.74, 6) is -0.139. The summed E-state index contributed by atoms with van der Waals surface area (Å²) in [5.41, 5.74) is 5.27. The third kappa shape index (κ3) is 4.43. The molecule has 0 aliphatic carbocycles. The smallest absolute Gasteiger partial charge is 0.263 e. The zero-order valence-corrected chi connectivity index (χ0v) is 18.9. The third-order valence-corrected chi connectivity index (χ3v) is 6.86. The summed E-state index contributed by atoms with van der Waals surface area (Å²) in [6.07, 6.45) is 3.74. The SMILES string of the molecule is CN1CCN(Cc2cccc(-n3cnc4ccc(/C=C5\SC(=S)NC5=O)cc43)c2)CC1. The molecule has 0 bridgehead atoms. The van der Waals surface area contributed by atoms with Crippen LogP contribution in [0.15, 0.2) is 53.7 Å². The van der Waals surface area contributed by atoms with Gasteiger partial charge in [-0.2, -0.15) is 0 Å². The Morgan fingerprint density at radius 1 is 1.16 bits per heavy atom. The molecule has 5 rings (SSSR count). The molecule has 0 spiro atoms. The van der Waals surface area contributed by atoms with E-state index in [9.17, 15) is 4.79 Å². The largest absolute Gasteiger partial charge is 0.307 e. The average molecular weight is 450 g/mol. The van der Waals surface area contributed by atoms with Gasteiger partial charge in [-0.3, -0.25) is 14.3 Å². The number of nitrogens with zero attached hydrogens (tertiary/aromatic N) is 4. The van der Waals surface area contributed by atoms with Crippen LogP contribution in [0.4, 0.5) is 0 Å². The van der Waals surface area contributed by atoms with Gasteiger partial charge < -0.3 is 10.2 Å². The van der Waals surface area contributed by atoms with Crippen LogP contribution in [0.1, 0.15) is 11.1 Å². The Balaban J connectivity index is 1.43. The van der Waals surface area contributed by atoms with Crippen molar-refractivity contribution in [3.05, 3.63) is 64.8 Å². The molecular weight excluding hydrogens is 426 g/mol. The van der Waals surface area contributed by atoms with Crippen molar-refractivity contribution >= 4 is 51.3 Å². The van der Waals surface area contributed by atoms with Gasteiger partial charge in [0.15, 0.2) is 0 Å². The van der Waals surface area contributed by atoms with Gasteiger partial charge in [-0.05, 0) is 48.5 Å². The number of thiocarbonyl (C=S) groups is 1. The molecule has 8 heteroatoms. The zero-order valence-electron chi connectivity index (χ0n) is 17.2. The molecule has 0 unspecified atom stereocenters. The van der Waals surface area contributed by atoms with E-state index in [4.69, 9.17) is 12.2 Å². The molecular formula is C23H23N5OS2. The molecule has 3 heterocycles. The van der Waals surface area contributed by atoms with E-state index < -0.39 is 0 Å². The molecule has 0 radical (unpaired) electrons. The van der Waals surface area contributed by atoms with Crippen molar-refractivity contribution in [3.8, 4) is 5.69 Å². The first-order valence-electron chi connectivity index (χ1n) is 10.3. The number of fused-ring (bicyclic) bond motifs is 1. The number of piperazine rings is 1. The van der Waals surface area contributed by atoms with E-state index in [1.54, 1.807) is 0 Å². The number of thioether (sulfide) groups is 1. The van der Waals surface area contributed by atoms with Crippen molar-refractivity contribution in [3.63, 3.8) is 0 Å². The van der Waals surface area contributed by atoms with Gasteiger partial charge in [0, 0.05) is 38.4 Å². The van der Waals surface area contributed by atoms with E-state index in [0.29, 0.717) is 9.23 Å². The molecule has 158 valence electrons. The standard InChI is InChI=1S/C23H23N5OS2/c1-26-7-9-27(10-8-26)14-17-3-2-4-18(11-17)28-15-24-19-6-5-16(12-20(19)28)13-21-22(29)25-23(30)31-21/h2-6,11-13,15H,7-10,14H2,1H3,(H,25,29,30)/b21-13-. The summed E-state index contributed by atoms with van der Waals surface area (Å²) in [6.45, 7) is 5.39. The van der Waals surface area contributed by atoms with Crippen molar-refractivity contribution in [2.75, 3.05) is 33.2 Å². The van der Waals surface area contributed by atoms with Crippen LogP contribution in [0.25, 0.3) is 22.8 Å². The fraction of sp³-hybridized carbons (Fsp3) is 0.261. The lowest BCUT2D eigenvalue weighted by Gasteiger charge is -2.32. The number of amides is 1. The Hall–Kier alpha value is -2.52. The fourth-order valence-corrected chi connectivity index (χ4v) is 5.01. The summed E-state index contributed by atoms with van der Waals surface area (Å²) >= 11 is 6.38. The molecule has 2 aliphatic rings. The van der Waals surface area contributed by atoms with E-state index in [1.807, 2.05) is 24.5 Å². The maximum absolute atomic E-state index is 12.0.